The van der Waals surface area contributed by atoms with Crippen molar-refractivity contribution >= 4 is 17.5 Å². The Balaban J connectivity index is 2.14. The van der Waals surface area contributed by atoms with Crippen LogP contribution in [0.1, 0.15) is 59.7 Å². The SMILES string of the molecule is CCCCCCCN(C(=O)c1ccccc1)C(=O)c1ccc(N)cc1. The molecule has 0 aliphatic rings. The van der Waals surface area contributed by atoms with Crippen LogP contribution in [0.25, 0.3) is 0 Å². The molecule has 0 fully saturated rings. The molecule has 0 bridgehead atoms. The molecule has 0 unspecified atom stereocenters. The summed E-state index contributed by atoms with van der Waals surface area (Å²) in [7, 11) is 0. The number of carbonyl (C=O) groups is 2. The number of amides is 2. The molecule has 0 heterocycles. The van der Waals surface area contributed by atoms with Crippen LogP contribution in [0.2, 0.25) is 0 Å². The summed E-state index contributed by atoms with van der Waals surface area (Å²) in [5.41, 5.74) is 7.29. The summed E-state index contributed by atoms with van der Waals surface area (Å²) >= 11 is 0. The molecule has 132 valence electrons. The van der Waals surface area contributed by atoms with Crippen molar-refractivity contribution in [2.24, 2.45) is 0 Å². The minimum Gasteiger partial charge on any atom is -0.399 e. The van der Waals surface area contributed by atoms with E-state index in [9.17, 15) is 9.59 Å². The fourth-order valence-corrected chi connectivity index (χ4v) is 2.69. The second-order valence-corrected chi connectivity index (χ2v) is 6.16. The lowest BCUT2D eigenvalue weighted by Crippen LogP contribution is -2.37. The number of nitrogen functional groups attached to an aromatic ring is 1. The van der Waals surface area contributed by atoms with E-state index >= 15 is 0 Å². The van der Waals surface area contributed by atoms with Gasteiger partial charge in [-0.3, -0.25) is 14.5 Å². The molecule has 2 aromatic rings. The van der Waals surface area contributed by atoms with Crippen LogP contribution in [0.15, 0.2) is 54.6 Å². The first-order chi connectivity index (χ1) is 12.1. The zero-order valence-electron chi connectivity index (χ0n) is 14.8. The van der Waals surface area contributed by atoms with E-state index in [0.29, 0.717) is 23.4 Å². The number of benzene rings is 2. The molecule has 0 aliphatic heterocycles. The molecule has 0 aliphatic carbocycles. The molecule has 25 heavy (non-hydrogen) atoms. The summed E-state index contributed by atoms with van der Waals surface area (Å²) in [6.07, 6.45) is 5.30. The second kappa shape index (κ2) is 9.62. The third kappa shape index (κ3) is 5.45. The van der Waals surface area contributed by atoms with Crippen LogP contribution in [0.4, 0.5) is 5.69 Å². The number of anilines is 1. The van der Waals surface area contributed by atoms with Gasteiger partial charge in [0.25, 0.3) is 11.8 Å². The van der Waals surface area contributed by atoms with E-state index in [0.717, 1.165) is 25.7 Å². The molecule has 2 amide bonds. The first-order valence-corrected chi connectivity index (χ1v) is 8.90. The minimum atomic E-state index is -0.274. The Morgan fingerprint density at radius 2 is 1.36 bits per heavy atom. The molecule has 2 N–H and O–H groups in total. The van der Waals surface area contributed by atoms with E-state index in [4.69, 9.17) is 5.73 Å². The normalized spacial score (nSPS) is 10.4. The number of carbonyl (C=O) groups excluding carboxylic acids is 2. The van der Waals surface area contributed by atoms with E-state index < -0.39 is 0 Å². The molecule has 0 radical (unpaired) electrons. The maximum absolute atomic E-state index is 12.9. The van der Waals surface area contributed by atoms with Crippen molar-refractivity contribution in [1.82, 2.24) is 4.90 Å². The van der Waals surface area contributed by atoms with Crippen LogP contribution >= 0.6 is 0 Å². The van der Waals surface area contributed by atoms with Gasteiger partial charge in [0, 0.05) is 23.4 Å². The Labute approximate surface area is 149 Å². The molecule has 0 aromatic heterocycles. The first-order valence-electron chi connectivity index (χ1n) is 8.90. The number of rotatable bonds is 8. The number of unbranched alkanes of at least 4 members (excludes halogenated alkanes) is 4. The second-order valence-electron chi connectivity index (χ2n) is 6.16. The monoisotopic (exact) mass is 338 g/mol. The van der Waals surface area contributed by atoms with E-state index in [1.54, 1.807) is 48.5 Å². The molecule has 4 nitrogen and oxygen atoms in total. The zero-order valence-corrected chi connectivity index (χ0v) is 14.8. The highest BCUT2D eigenvalue weighted by Crippen LogP contribution is 2.14. The smallest absolute Gasteiger partial charge is 0.260 e. The molecule has 0 saturated carbocycles. The Bertz CT molecular complexity index is 681. The molecule has 0 saturated heterocycles. The molecule has 4 heteroatoms. The maximum atomic E-state index is 12.9. The predicted octanol–water partition coefficient (Wildman–Crippen LogP) is 4.52. The fourth-order valence-electron chi connectivity index (χ4n) is 2.69. The van der Waals surface area contributed by atoms with Crippen molar-refractivity contribution in [3.63, 3.8) is 0 Å². The van der Waals surface area contributed by atoms with Crippen molar-refractivity contribution in [3.8, 4) is 0 Å². The van der Waals surface area contributed by atoms with Gasteiger partial charge in [-0.2, -0.15) is 0 Å². The average molecular weight is 338 g/mol. The van der Waals surface area contributed by atoms with Gasteiger partial charge in [0.05, 0.1) is 0 Å². The fraction of sp³-hybridized carbons (Fsp3) is 0.333. The summed E-state index contributed by atoms with van der Waals surface area (Å²) in [6, 6.07) is 15.6. The molecule has 0 spiro atoms. The third-order valence-corrected chi connectivity index (χ3v) is 4.15. The molecular formula is C21H26N2O2. The lowest BCUT2D eigenvalue weighted by Gasteiger charge is -2.21. The van der Waals surface area contributed by atoms with E-state index in [1.807, 2.05) is 6.07 Å². The predicted molar refractivity (Wildman–Crippen MR) is 101 cm³/mol. The minimum absolute atomic E-state index is 0.252. The summed E-state index contributed by atoms with van der Waals surface area (Å²) in [5, 5.41) is 0. The average Bonchev–Trinajstić information content (AvgIpc) is 2.65. The third-order valence-electron chi connectivity index (χ3n) is 4.15. The Kier molecular flexibility index (Phi) is 7.20. The van der Waals surface area contributed by atoms with Crippen LogP contribution in [-0.2, 0) is 0 Å². The van der Waals surface area contributed by atoms with Crippen molar-refractivity contribution in [1.29, 1.82) is 0 Å². The van der Waals surface area contributed by atoms with Gasteiger partial charge < -0.3 is 5.73 Å². The highest BCUT2D eigenvalue weighted by molar-refractivity contribution is 6.10. The summed E-state index contributed by atoms with van der Waals surface area (Å²) < 4.78 is 0. The highest BCUT2D eigenvalue weighted by atomic mass is 16.2. The summed E-state index contributed by atoms with van der Waals surface area (Å²) in [4.78, 5) is 27.0. The Morgan fingerprint density at radius 3 is 1.96 bits per heavy atom. The van der Waals surface area contributed by atoms with Gasteiger partial charge in [-0.1, -0.05) is 50.8 Å². The number of nitrogens with two attached hydrogens (primary N) is 1. The summed E-state index contributed by atoms with van der Waals surface area (Å²) in [5.74, 6) is -0.526. The van der Waals surface area contributed by atoms with Crippen molar-refractivity contribution in [2.45, 2.75) is 39.0 Å². The van der Waals surface area contributed by atoms with Crippen LogP contribution in [0.3, 0.4) is 0 Å². The van der Waals surface area contributed by atoms with Gasteiger partial charge in [0.15, 0.2) is 0 Å². The van der Waals surface area contributed by atoms with Gasteiger partial charge in [0.2, 0.25) is 0 Å². The number of hydrogen-bond donors (Lipinski definition) is 1. The van der Waals surface area contributed by atoms with E-state index in [2.05, 4.69) is 6.92 Å². The van der Waals surface area contributed by atoms with Gasteiger partial charge in [-0.15, -0.1) is 0 Å². The molecule has 2 aromatic carbocycles. The van der Waals surface area contributed by atoms with E-state index in [-0.39, 0.29) is 11.8 Å². The summed E-state index contributed by atoms with van der Waals surface area (Å²) in [6.45, 7) is 2.59. The van der Waals surface area contributed by atoms with Gasteiger partial charge in [-0.05, 0) is 42.8 Å². The number of hydrogen-bond acceptors (Lipinski definition) is 3. The van der Waals surface area contributed by atoms with Crippen LogP contribution in [0.5, 0.6) is 0 Å². The van der Waals surface area contributed by atoms with E-state index in [1.165, 1.54) is 11.3 Å². The first kappa shape index (κ1) is 18.7. The van der Waals surface area contributed by atoms with Gasteiger partial charge >= 0.3 is 0 Å². The van der Waals surface area contributed by atoms with Gasteiger partial charge in [0.1, 0.15) is 0 Å². The quantitative estimate of drug-likeness (QED) is 0.437. The van der Waals surface area contributed by atoms with Gasteiger partial charge in [-0.25, -0.2) is 0 Å². The van der Waals surface area contributed by atoms with Crippen LogP contribution in [0, 0.1) is 0 Å². The zero-order chi connectivity index (χ0) is 18.1. The standard InChI is InChI=1S/C21H26N2O2/c1-2-3-4-5-9-16-23(20(24)17-10-7-6-8-11-17)21(25)18-12-14-19(22)15-13-18/h6-8,10-15H,2-5,9,16,22H2,1H3. The topological polar surface area (TPSA) is 63.4 Å². The Morgan fingerprint density at radius 1 is 0.800 bits per heavy atom. The Hall–Kier alpha value is -2.62. The van der Waals surface area contributed by atoms with Crippen LogP contribution in [-0.4, -0.2) is 23.3 Å². The van der Waals surface area contributed by atoms with Crippen molar-refractivity contribution in [2.75, 3.05) is 12.3 Å². The molecular weight excluding hydrogens is 312 g/mol. The number of nitrogens with zero attached hydrogens (tertiary/aromatic N) is 1. The molecule has 0 atom stereocenters. The van der Waals surface area contributed by atoms with Crippen molar-refractivity contribution < 1.29 is 9.59 Å². The maximum Gasteiger partial charge on any atom is 0.260 e. The lowest BCUT2D eigenvalue weighted by molar-refractivity contribution is 0.0613. The number of imide groups is 1. The molecule has 2 rings (SSSR count). The lowest BCUT2D eigenvalue weighted by atomic mass is 10.1. The largest absolute Gasteiger partial charge is 0.399 e. The van der Waals surface area contributed by atoms with Crippen LogP contribution < -0.4 is 5.73 Å². The van der Waals surface area contributed by atoms with Crippen molar-refractivity contribution in [3.05, 3.63) is 65.7 Å². The highest BCUT2D eigenvalue weighted by Gasteiger charge is 2.23.